The highest BCUT2D eigenvalue weighted by molar-refractivity contribution is 6.02. The summed E-state index contributed by atoms with van der Waals surface area (Å²) in [5.74, 6) is 0.245. The van der Waals surface area contributed by atoms with E-state index < -0.39 is 0 Å². The van der Waals surface area contributed by atoms with Crippen LogP contribution in [0.2, 0.25) is 0 Å². The van der Waals surface area contributed by atoms with Crippen LogP contribution >= 0.6 is 0 Å². The molecule has 2 fully saturated rings. The van der Waals surface area contributed by atoms with E-state index in [0.29, 0.717) is 12.8 Å². The number of rotatable bonds is 1. The molecule has 0 atom stereocenters. The van der Waals surface area contributed by atoms with Gasteiger partial charge in [-0.15, -0.1) is 0 Å². The zero-order chi connectivity index (χ0) is 10.9. The van der Waals surface area contributed by atoms with Gasteiger partial charge in [0, 0.05) is 25.9 Å². The van der Waals surface area contributed by atoms with Crippen molar-refractivity contribution in [2.24, 2.45) is 5.41 Å². The van der Waals surface area contributed by atoms with Crippen LogP contribution in [-0.2, 0) is 14.4 Å². The number of piperidine rings is 1. The van der Waals surface area contributed by atoms with E-state index in [-0.39, 0.29) is 23.4 Å². The van der Waals surface area contributed by atoms with Crippen LogP contribution in [0.15, 0.2) is 0 Å². The molecule has 1 saturated heterocycles. The summed E-state index contributed by atoms with van der Waals surface area (Å²) in [5, 5.41) is 1.90. The Labute approximate surface area is 89.5 Å². The number of carbonyl (C=O) groups excluding carboxylic acids is 2. The van der Waals surface area contributed by atoms with Crippen LogP contribution in [0, 0.1) is 5.41 Å². The fraction of sp³-hybridized carbons (Fsp3) is 0.818. The Morgan fingerprint density at radius 3 is 2.13 bits per heavy atom. The van der Waals surface area contributed by atoms with Crippen LogP contribution in [0.25, 0.3) is 0 Å². The predicted molar refractivity (Wildman–Crippen MR) is 54.1 cm³/mol. The molecule has 4 heteroatoms. The minimum Gasteiger partial charge on any atom is -0.302 e. The van der Waals surface area contributed by atoms with Crippen molar-refractivity contribution >= 4 is 11.6 Å². The lowest BCUT2D eigenvalue weighted by atomic mass is 9.67. The maximum atomic E-state index is 11.4. The number of ketones is 2. The molecule has 1 aliphatic carbocycles. The predicted octanol–water partition coefficient (Wildman–Crippen LogP) is 0.952. The van der Waals surface area contributed by atoms with E-state index in [2.05, 4.69) is 0 Å². The third-order valence-electron chi connectivity index (χ3n) is 3.58. The zero-order valence-electron chi connectivity index (χ0n) is 9.12. The zero-order valence-corrected chi connectivity index (χ0v) is 9.12. The summed E-state index contributed by atoms with van der Waals surface area (Å²) in [5.41, 5.74) is -0.0402. The molecule has 1 aliphatic heterocycles. The summed E-state index contributed by atoms with van der Waals surface area (Å²) < 4.78 is 0. The SMILES string of the molecule is CON1CCC2(CC1)CC(=O)CC(=O)C2. The van der Waals surface area contributed by atoms with Gasteiger partial charge in [-0.3, -0.25) is 9.59 Å². The molecule has 0 amide bonds. The highest BCUT2D eigenvalue weighted by atomic mass is 16.7. The van der Waals surface area contributed by atoms with E-state index in [9.17, 15) is 9.59 Å². The fourth-order valence-corrected chi connectivity index (χ4v) is 2.74. The van der Waals surface area contributed by atoms with Crippen molar-refractivity contribution in [2.45, 2.75) is 32.1 Å². The summed E-state index contributed by atoms with van der Waals surface area (Å²) >= 11 is 0. The molecule has 15 heavy (non-hydrogen) atoms. The molecule has 0 unspecified atom stereocenters. The van der Waals surface area contributed by atoms with E-state index in [1.165, 1.54) is 0 Å². The van der Waals surface area contributed by atoms with Crippen LogP contribution < -0.4 is 0 Å². The van der Waals surface area contributed by atoms with Gasteiger partial charge in [0.05, 0.1) is 13.5 Å². The second-order valence-electron chi connectivity index (χ2n) is 4.72. The minimum absolute atomic E-state index is 0.0402. The first-order valence-electron chi connectivity index (χ1n) is 5.46. The van der Waals surface area contributed by atoms with E-state index in [1.807, 2.05) is 5.06 Å². The highest BCUT2D eigenvalue weighted by Crippen LogP contribution is 2.41. The molecule has 1 spiro atoms. The first-order chi connectivity index (χ1) is 7.13. The average Bonchev–Trinajstić information content (AvgIpc) is 2.17. The van der Waals surface area contributed by atoms with Crippen molar-refractivity contribution in [2.75, 3.05) is 20.2 Å². The van der Waals surface area contributed by atoms with E-state index in [1.54, 1.807) is 7.11 Å². The lowest BCUT2D eigenvalue weighted by molar-refractivity contribution is -0.166. The number of carbonyl (C=O) groups is 2. The van der Waals surface area contributed by atoms with Crippen molar-refractivity contribution < 1.29 is 14.4 Å². The van der Waals surface area contributed by atoms with Gasteiger partial charge in [-0.2, -0.15) is 5.06 Å². The normalized spacial score (nSPS) is 27.3. The van der Waals surface area contributed by atoms with Crippen molar-refractivity contribution in [3.8, 4) is 0 Å². The molecule has 1 saturated carbocycles. The van der Waals surface area contributed by atoms with Crippen LogP contribution in [0.1, 0.15) is 32.1 Å². The van der Waals surface area contributed by atoms with Crippen LogP contribution in [0.5, 0.6) is 0 Å². The third kappa shape index (κ3) is 2.26. The quantitative estimate of drug-likeness (QED) is 0.606. The third-order valence-corrected chi connectivity index (χ3v) is 3.58. The Morgan fingerprint density at radius 1 is 1.13 bits per heavy atom. The minimum atomic E-state index is -0.0402. The number of hydroxylamine groups is 2. The van der Waals surface area contributed by atoms with Gasteiger partial charge in [0.15, 0.2) is 0 Å². The largest absolute Gasteiger partial charge is 0.302 e. The standard InChI is InChI=1S/C11H17NO3/c1-15-12-4-2-11(3-5-12)7-9(13)6-10(14)8-11/h2-8H2,1H3. The number of hydrogen-bond donors (Lipinski definition) is 0. The van der Waals surface area contributed by atoms with Crippen molar-refractivity contribution in [1.29, 1.82) is 0 Å². The molecule has 0 aromatic heterocycles. The van der Waals surface area contributed by atoms with Gasteiger partial charge in [-0.25, -0.2) is 0 Å². The fourth-order valence-electron chi connectivity index (χ4n) is 2.74. The average molecular weight is 211 g/mol. The highest BCUT2D eigenvalue weighted by Gasteiger charge is 2.41. The lowest BCUT2D eigenvalue weighted by Gasteiger charge is -2.42. The molecular formula is C11H17NO3. The maximum Gasteiger partial charge on any atom is 0.140 e. The van der Waals surface area contributed by atoms with Crippen LogP contribution in [0.3, 0.4) is 0 Å². The van der Waals surface area contributed by atoms with Gasteiger partial charge >= 0.3 is 0 Å². The molecule has 0 aromatic carbocycles. The molecule has 1 heterocycles. The Hall–Kier alpha value is -0.740. The Kier molecular flexibility index (Phi) is 2.89. The number of Topliss-reactive ketones (excluding diaryl/α,β-unsaturated/α-hetero) is 2. The number of nitrogens with zero attached hydrogens (tertiary/aromatic N) is 1. The van der Waals surface area contributed by atoms with E-state index in [4.69, 9.17) is 4.84 Å². The summed E-state index contributed by atoms with van der Waals surface area (Å²) in [6.45, 7) is 1.66. The second kappa shape index (κ2) is 4.02. The maximum absolute atomic E-state index is 11.4. The molecule has 84 valence electrons. The van der Waals surface area contributed by atoms with E-state index in [0.717, 1.165) is 25.9 Å². The molecule has 2 aliphatic rings. The number of hydrogen-bond acceptors (Lipinski definition) is 4. The van der Waals surface area contributed by atoms with Gasteiger partial charge in [0.1, 0.15) is 11.6 Å². The van der Waals surface area contributed by atoms with Crippen molar-refractivity contribution in [3.63, 3.8) is 0 Å². The lowest BCUT2D eigenvalue weighted by Crippen LogP contribution is -2.44. The van der Waals surface area contributed by atoms with Gasteiger partial charge in [-0.1, -0.05) is 0 Å². The summed E-state index contributed by atoms with van der Waals surface area (Å²) in [6, 6.07) is 0. The molecule has 0 aromatic rings. The Morgan fingerprint density at radius 2 is 1.67 bits per heavy atom. The second-order valence-corrected chi connectivity index (χ2v) is 4.72. The molecule has 0 bridgehead atoms. The summed E-state index contributed by atoms with van der Waals surface area (Å²) in [6.07, 6.45) is 3.15. The molecule has 4 nitrogen and oxygen atoms in total. The first-order valence-corrected chi connectivity index (χ1v) is 5.46. The molecule has 0 N–H and O–H groups in total. The van der Waals surface area contributed by atoms with Gasteiger partial charge < -0.3 is 4.84 Å². The first kappa shape index (κ1) is 10.8. The van der Waals surface area contributed by atoms with Crippen molar-refractivity contribution in [3.05, 3.63) is 0 Å². The summed E-state index contributed by atoms with van der Waals surface area (Å²) in [4.78, 5) is 28.0. The topological polar surface area (TPSA) is 46.6 Å². The van der Waals surface area contributed by atoms with Gasteiger partial charge in [0.2, 0.25) is 0 Å². The van der Waals surface area contributed by atoms with Crippen LogP contribution in [0.4, 0.5) is 0 Å². The van der Waals surface area contributed by atoms with E-state index >= 15 is 0 Å². The van der Waals surface area contributed by atoms with Gasteiger partial charge in [0.25, 0.3) is 0 Å². The monoisotopic (exact) mass is 211 g/mol. The summed E-state index contributed by atoms with van der Waals surface area (Å²) in [7, 11) is 1.66. The smallest absolute Gasteiger partial charge is 0.140 e. The van der Waals surface area contributed by atoms with Gasteiger partial charge in [-0.05, 0) is 18.3 Å². The van der Waals surface area contributed by atoms with Crippen molar-refractivity contribution in [1.82, 2.24) is 5.06 Å². The van der Waals surface area contributed by atoms with Crippen LogP contribution in [-0.4, -0.2) is 36.8 Å². The molecule has 2 rings (SSSR count). The Balaban J connectivity index is 2.02. The Bertz CT molecular complexity index is 262. The molecule has 0 radical (unpaired) electrons. The molecular weight excluding hydrogens is 194 g/mol.